The molecule has 0 bridgehead atoms. The summed E-state index contributed by atoms with van der Waals surface area (Å²) in [5.41, 5.74) is 2.85. The Balaban J connectivity index is 1.55. The first-order valence-electron chi connectivity index (χ1n) is 9.86. The maximum absolute atomic E-state index is 12.8. The van der Waals surface area contributed by atoms with Crippen molar-refractivity contribution in [3.8, 4) is 5.75 Å². The third kappa shape index (κ3) is 4.30. The second-order valence-electron chi connectivity index (χ2n) is 7.12. The van der Waals surface area contributed by atoms with E-state index in [2.05, 4.69) is 32.1 Å². The fraction of sp³-hybridized carbons (Fsp3) is 0.318. The van der Waals surface area contributed by atoms with Crippen LogP contribution in [0.25, 0.3) is 10.9 Å². The molecule has 1 aromatic carbocycles. The number of nitrogens with zero attached hydrogens (tertiary/aromatic N) is 4. The molecule has 0 spiro atoms. The van der Waals surface area contributed by atoms with Crippen LogP contribution in [0.3, 0.4) is 0 Å². The number of amides is 1. The van der Waals surface area contributed by atoms with Gasteiger partial charge in [0.05, 0.1) is 17.8 Å². The van der Waals surface area contributed by atoms with Crippen molar-refractivity contribution in [2.75, 3.05) is 50.1 Å². The largest absolute Gasteiger partial charge is 0.492 e. The Hall–Kier alpha value is -3.19. The molecule has 3 aromatic rings. The van der Waals surface area contributed by atoms with Gasteiger partial charge in [0, 0.05) is 55.7 Å². The van der Waals surface area contributed by atoms with Gasteiger partial charge in [-0.25, -0.2) is 4.98 Å². The monoisotopic (exact) mass is 391 g/mol. The van der Waals surface area contributed by atoms with E-state index < -0.39 is 0 Å². The molecule has 1 aliphatic rings. The van der Waals surface area contributed by atoms with E-state index in [0.717, 1.165) is 42.8 Å². The minimum atomic E-state index is -0.267. The minimum absolute atomic E-state index is 0.267. The van der Waals surface area contributed by atoms with Crippen molar-refractivity contribution in [1.82, 2.24) is 14.9 Å². The highest BCUT2D eigenvalue weighted by Crippen LogP contribution is 2.31. The Morgan fingerprint density at radius 3 is 2.76 bits per heavy atom. The zero-order valence-corrected chi connectivity index (χ0v) is 16.8. The molecule has 0 unspecified atom stereocenters. The van der Waals surface area contributed by atoms with Gasteiger partial charge < -0.3 is 19.9 Å². The summed E-state index contributed by atoms with van der Waals surface area (Å²) in [7, 11) is 2.14. The van der Waals surface area contributed by atoms with Crippen LogP contribution in [0.2, 0.25) is 0 Å². The third-order valence-electron chi connectivity index (χ3n) is 5.10. The second-order valence-corrected chi connectivity index (χ2v) is 7.12. The SMILES string of the molecule is CCOc1cc(N2CCN(C)CC2)ccc1NC(=O)c1ccc2cnccc2n1. The summed E-state index contributed by atoms with van der Waals surface area (Å²) in [6.45, 7) is 6.48. The van der Waals surface area contributed by atoms with Crippen molar-refractivity contribution in [3.63, 3.8) is 0 Å². The Bertz CT molecular complexity index is 1020. The van der Waals surface area contributed by atoms with E-state index >= 15 is 0 Å². The quantitative estimate of drug-likeness (QED) is 0.721. The maximum Gasteiger partial charge on any atom is 0.274 e. The summed E-state index contributed by atoms with van der Waals surface area (Å²) < 4.78 is 5.82. The number of benzene rings is 1. The van der Waals surface area contributed by atoms with E-state index in [4.69, 9.17) is 4.74 Å². The van der Waals surface area contributed by atoms with Crippen molar-refractivity contribution in [2.24, 2.45) is 0 Å². The molecule has 1 amide bonds. The zero-order valence-electron chi connectivity index (χ0n) is 16.8. The summed E-state index contributed by atoms with van der Waals surface area (Å²) >= 11 is 0. The summed E-state index contributed by atoms with van der Waals surface area (Å²) in [6.07, 6.45) is 3.40. The number of carbonyl (C=O) groups is 1. The Labute approximate surface area is 170 Å². The number of hydrogen-bond donors (Lipinski definition) is 1. The summed E-state index contributed by atoms with van der Waals surface area (Å²) in [4.78, 5) is 26.0. The number of pyridine rings is 2. The number of piperazine rings is 1. The molecule has 0 aliphatic carbocycles. The molecule has 2 aromatic heterocycles. The number of ether oxygens (including phenoxy) is 1. The Morgan fingerprint density at radius 2 is 1.97 bits per heavy atom. The van der Waals surface area contributed by atoms with Gasteiger partial charge in [0.1, 0.15) is 11.4 Å². The van der Waals surface area contributed by atoms with Crippen LogP contribution in [-0.4, -0.2) is 60.6 Å². The average Bonchev–Trinajstić information content (AvgIpc) is 2.75. The van der Waals surface area contributed by atoms with Crippen molar-refractivity contribution in [1.29, 1.82) is 0 Å². The lowest BCUT2D eigenvalue weighted by Crippen LogP contribution is -2.44. The number of anilines is 2. The minimum Gasteiger partial charge on any atom is -0.492 e. The fourth-order valence-electron chi connectivity index (χ4n) is 3.43. The van der Waals surface area contributed by atoms with Crippen LogP contribution in [-0.2, 0) is 0 Å². The first kappa shape index (κ1) is 19.1. The molecule has 0 saturated carbocycles. The van der Waals surface area contributed by atoms with E-state index in [-0.39, 0.29) is 5.91 Å². The maximum atomic E-state index is 12.8. The van der Waals surface area contributed by atoms with Gasteiger partial charge in [-0.15, -0.1) is 0 Å². The standard InChI is InChI=1S/C22H25N5O2/c1-3-29-21-14-17(27-12-10-26(2)11-13-27)5-7-19(21)25-22(28)20-6-4-16-15-23-9-8-18(16)24-20/h4-9,14-15H,3,10-13H2,1-2H3,(H,25,28). The molecule has 1 fully saturated rings. The van der Waals surface area contributed by atoms with E-state index in [9.17, 15) is 4.79 Å². The molecule has 3 heterocycles. The normalized spacial score (nSPS) is 14.8. The molecule has 0 radical (unpaired) electrons. The highest BCUT2D eigenvalue weighted by Gasteiger charge is 2.17. The lowest BCUT2D eigenvalue weighted by Gasteiger charge is -2.34. The van der Waals surface area contributed by atoms with Crippen molar-refractivity contribution >= 4 is 28.2 Å². The molecule has 150 valence electrons. The zero-order chi connectivity index (χ0) is 20.2. The second kappa shape index (κ2) is 8.45. The first-order valence-corrected chi connectivity index (χ1v) is 9.86. The number of aromatic nitrogens is 2. The van der Waals surface area contributed by atoms with Crippen molar-refractivity contribution < 1.29 is 9.53 Å². The first-order chi connectivity index (χ1) is 14.1. The Kier molecular flexibility index (Phi) is 5.57. The van der Waals surface area contributed by atoms with Crippen LogP contribution in [0.4, 0.5) is 11.4 Å². The molecule has 4 rings (SSSR count). The van der Waals surface area contributed by atoms with Crippen LogP contribution in [0.5, 0.6) is 5.75 Å². The van der Waals surface area contributed by atoms with Gasteiger partial charge in [0.15, 0.2) is 0 Å². The van der Waals surface area contributed by atoms with E-state index in [1.54, 1.807) is 24.5 Å². The molecule has 7 nitrogen and oxygen atoms in total. The molecular weight excluding hydrogens is 366 g/mol. The van der Waals surface area contributed by atoms with Crippen LogP contribution in [0, 0.1) is 0 Å². The van der Waals surface area contributed by atoms with Gasteiger partial charge in [-0.05, 0) is 44.3 Å². The number of nitrogens with one attached hydrogen (secondary N) is 1. The molecule has 1 saturated heterocycles. The fourth-order valence-corrected chi connectivity index (χ4v) is 3.43. The summed E-state index contributed by atoms with van der Waals surface area (Å²) in [5.74, 6) is 0.402. The van der Waals surface area contributed by atoms with E-state index in [1.165, 1.54) is 0 Å². The van der Waals surface area contributed by atoms with Crippen LogP contribution in [0.15, 0.2) is 48.8 Å². The van der Waals surface area contributed by atoms with Crippen LogP contribution >= 0.6 is 0 Å². The highest BCUT2D eigenvalue weighted by atomic mass is 16.5. The van der Waals surface area contributed by atoms with Crippen LogP contribution in [0.1, 0.15) is 17.4 Å². The molecule has 0 atom stereocenters. The van der Waals surface area contributed by atoms with E-state index in [1.807, 2.05) is 31.2 Å². The number of likely N-dealkylation sites (N-methyl/N-ethyl adjacent to an activating group) is 1. The third-order valence-corrected chi connectivity index (χ3v) is 5.10. The predicted molar refractivity (Wildman–Crippen MR) is 115 cm³/mol. The van der Waals surface area contributed by atoms with Crippen molar-refractivity contribution in [3.05, 3.63) is 54.5 Å². The molecule has 1 aliphatic heterocycles. The number of fused-ring (bicyclic) bond motifs is 1. The number of rotatable bonds is 5. The summed E-state index contributed by atoms with van der Waals surface area (Å²) in [5, 5.41) is 3.84. The molecule has 29 heavy (non-hydrogen) atoms. The topological polar surface area (TPSA) is 70.6 Å². The van der Waals surface area contributed by atoms with Gasteiger partial charge >= 0.3 is 0 Å². The van der Waals surface area contributed by atoms with Gasteiger partial charge in [-0.2, -0.15) is 0 Å². The number of hydrogen-bond acceptors (Lipinski definition) is 6. The van der Waals surface area contributed by atoms with Gasteiger partial charge in [0.2, 0.25) is 0 Å². The Morgan fingerprint density at radius 1 is 1.14 bits per heavy atom. The molecular formula is C22H25N5O2. The predicted octanol–water partition coefficient (Wildman–Crippen LogP) is 3.03. The smallest absolute Gasteiger partial charge is 0.274 e. The highest BCUT2D eigenvalue weighted by molar-refractivity contribution is 6.04. The van der Waals surface area contributed by atoms with E-state index in [0.29, 0.717) is 23.7 Å². The van der Waals surface area contributed by atoms with Crippen molar-refractivity contribution in [2.45, 2.75) is 6.92 Å². The molecule has 7 heteroatoms. The van der Waals surface area contributed by atoms with Gasteiger partial charge in [-0.3, -0.25) is 9.78 Å². The van der Waals surface area contributed by atoms with Gasteiger partial charge in [-0.1, -0.05) is 0 Å². The van der Waals surface area contributed by atoms with Gasteiger partial charge in [0.25, 0.3) is 5.91 Å². The average molecular weight is 391 g/mol. The molecule has 1 N–H and O–H groups in total. The van der Waals surface area contributed by atoms with Crippen LogP contribution < -0.4 is 15.0 Å². The number of carbonyl (C=O) groups excluding carboxylic acids is 1. The summed E-state index contributed by atoms with van der Waals surface area (Å²) in [6, 6.07) is 11.3. The lowest BCUT2D eigenvalue weighted by atomic mass is 10.2. The lowest BCUT2D eigenvalue weighted by molar-refractivity contribution is 0.102.